The van der Waals surface area contributed by atoms with Crippen LogP contribution in [0.3, 0.4) is 0 Å². The van der Waals surface area contributed by atoms with Crippen LogP contribution in [0.25, 0.3) is 0 Å². The molecular formula is C17H21N3O. The van der Waals surface area contributed by atoms with E-state index in [0.29, 0.717) is 6.42 Å². The van der Waals surface area contributed by atoms with Gasteiger partial charge in [-0.15, -0.1) is 0 Å². The van der Waals surface area contributed by atoms with Crippen molar-refractivity contribution in [2.24, 2.45) is 0 Å². The van der Waals surface area contributed by atoms with Crippen LogP contribution in [0.4, 0.5) is 0 Å². The number of H-pyrrole nitrogens is 1. The third-order valence-corrected chi connectivity index (χ3v) is 4.25. The summed E-state index contributed by atoms with van der Waals surface area (Å²) in [5.41, 5.74) is 3.51. The zero-order valence-electron chi connectivity index (χ0n) is 12.6. The van der Waals surface area contributed by atoms with Gasteiger partial charge in [-0.25, -0.2) is 4.98 Å². The van der Waals surface area contributed by atoms with Crippen molar-refractivity contribution in [3.8, 4) is 0 Å². The highest BCUT2D eigenvalue weighted by atomic mass is 16.2. The fourth-order valence-electron chi connectivity index (χ4n) is 3.06. The van der Waals surface area contributed by atoms with E-state index in [4.69, 9.17) is 0 Å². The predicted octanol–water partition coefficient (Wildman–Crippen LogP) is 2.93. The number of hydrogen-bond donors (Lipinski definition) is 1. The lowest BCUT2D eigenvalue weighted by molar-refractivity contribution is -0.131. The van der Waals surface area contributed by atoms with Gasteiger partial charge in [0.25, 0.3) is 0 Å². The summed E-state index contributed by atoms with van der Waals surface area (Å²) in [6.07, 6.45) is 6.09. The summed E-state index contributed by atoms with van der Waals surface area (Å²) >= 11 is 0. The number of benzene rings is 1. The Morgan fingerprint density at radius 1 is 1.43 bits per heavy atom. The first kappa shape index (κ1) is 13.9. The summed E-state index contributed by atoms with van der Waals surface area (Å²) in [4.78, 5) is 22.1. The van der Waals surface area contributed by atoms with E-state index < -0.39 is 0 Å². The second kappa shape index (κ2) is 5.72. The molecule has 1 aliphatic rings. The Balaban J connectivity index is 1.77. The maximum Gasteiger partial charge on any atom is 0.227 e. The van der Waals surface area contributed by atoms with E-state index in [2.05, 4.69) is 42.0 Å². The van der Waals surface area contributed by atoms with Gasteiger partial charge in [-0.1, -0.05) is 23.8 Å². The Hall–Kier alpha value is -2.10. The molecule has 2 aromatic rings. The Kier molecular flexibility index (Phi) is 3.78. The number of rotatable bonds is 3. The second-order valence-electron chi connectivity index (χ2n) is 5.83. The van der Waals surface area contributed by atoms with Crippen molar-refractivity contribution in [1.82, 2.24) is 14.9 Å². The largest absolute Gasteiger partial charge is 0.347 e. The van der Waals surface area contributed by atoms with Crippen LogP contribution in [0.5, 0.6) is 0 Å². The number of hydrogen-bond acceptors (Lipinski definition) is 2. The Labute approximate surface area is 125 Å². The number of nitrogens with zero attached hydrogens (tertiary/aromatic N) is 2. The van der Waals surface area contributed by atoms with Crippen molar-refractivity contribution in [2.75, 3.05) is 6.54 Å². The second-order valence-corrected chi connectivity index (χ2v) is 5.83. The van der Waals surface area contributed by atoms with E-state index in [1.54, 1.807) is 6.20 Å². The molecule has 4 heteroatoms. The van der Waals surface area contributed by atoms with Gasteiger partial charge in [0.1, 0.15) is 5.82 Å². The first-order valence-corrected chi connectivity index (χ1v) is 7.50. The van der Waals surface area contributed by atoms with E-state index in [0.717, 1.165) is 30.8 Å². The Morgan fingerprint density at radius 2 is 2.29 bits per heavy atom. The zero-order chi connectivity index (χ0) is 14.8. The van der Waals surface area contributed by atoms with E-state index in [-0.39, 0.29) is 11.9 Å². The molecule has 0 aliphatic carbocycles. The summed E-state index contributed by atoms with van der Waals surface area (Å²) in [5, 5.41) is 0. The number of amides is 1. The molecular weight excluding hydrogens is 262 g/mol. The maximum absolute atomic E-state index is 12.7. The fraction of sp³-hybridized carbons (Fsp3) is 0.412. The van der Waals surface area contributed by atoms with Gasteiger partial charge in [0.2, 0.25) is 5.91 Å². The van der Waals surface area contributed by atoms with Crippen molar-refractivity contribution >= 4 is 5.91 Å². The SMILES string of the molecule is Cc1ccc(C)c(CC(=O)N2CCC[C@H]2c2ncc[nH]2)c1. The van der Waals surface area contributed by atoms with E-state index in [9.17, 15) is 4.79 Å². The van der Waals surface area contributed by atoms with Crippen LogP contribution < -0.4 is 0 Å². The topological polar surface area (TPSA) is 49.0 Å². The lowest BCUT2D eigenvalue weighted by Crippen LogP contribution is -2.32. The van der Waals surface area contributed by atoms with Crippen LogP contribution in [0.15, 0.2) is 30.6 Å². The minimum atomic E-state index is 0.109. The van der Waals surface area contributed by atoms with E-state index in [1.807, 2.05) is 11.1 Å². The summed E-state index contributed by atoms with van der Waals surface area (Å²) in [5.74, 6) is 1.10. The third kappa shape index (κ3) is 2.84. The number of aromatic amines is 1. The molecule has 0 bridgehead atoms. The minimum absolute atomic E-state index is 0.109. The molecule has 4 nitrogen and oxygen atoms in total. The normalized spacial score (nSPS) is 18.2. The molecule has 0 unspecified atom stereocenters. The summed E-state index contributed by atoms with van der Waals surface area (Å²) in [7, 11) is 0. The van der Waals surface area contributed by atoms with Crippen LogP contribution in [0.1, 0.15) is 41.4 Å². The number of carbonyl (C=O) groups is 1. The molecule has 1 saturated heterocycles. The molecule has 1 aromatic heterocycles. The standard InChI is InChI=1S/C17H21N3O/c1-12-5-6-13(2)14(10-12)11-16(21)20-9-3-4-15(20)17-18-7-8-19-17/h5-8,10,15H,3-4,9,11H2,1-2H3,(H,18,19)/t15-/m0/s1. The third-order valence-electron chi connectivity index (χ3n) is 4.25. The highest BCUT2D eigenvalue weighted by Crippen LogP contribution is 2.30. The van der Waals surface area contributed by atoms with Crippen LogP contribution in [-0.2, 0) is 11.2 Å². The molecule has 1 fully saturated rings. The average Bonchev–Trinajstić information content (AvgIpc) is 3.12. The number of carbonyl (C=O) groups excluding carboxylic acids is 1. The highest BCUT2D eigenvalue weighted by molar-refractivity contribution is 5.79. The molecule has 2 heterocycles. The van der Waals surface area contributed by atoms with Gasteiger partial charge in [-0.2, -0.15) is 0 Å². The maximum atomic E-state index is 12.7. The number of imidazole rings is 1. The number of aromatic nitrogens is 2. The fourth-order valence-corrected chi connectivity index (χ4v) is 3.06. The predicted molar refractivity (Wildman–Crippen MR) is 81.9 cm³/mol. The molecule has 21 heavy (non-hydrogen) atoms. The van der Waals surface area contributed by atoms with Gasteiger partial charge in [0.05, 0.1) is 12.5 Å². The van der Waals surface area contributed by atoms with Crippen LogP contribution >= 0.6 is 0 Å². The zero-order valence-corrected chi connectivity index (χ0v) is 12.6. The average molecular weight is 283 g/mol. The van der Waals surface area contributed by atoms with Gasteiger partial charge in [-0.05, 0) is 37.8 Å². The van der Waals surface area contributed by atoms with Crippen LogP contribution in [0.2, 0.25) is 0 Å². The first-order valence-electron chi connectivity index (χ1n) is 7.50. The van der Waals surface area contributed by atoms with Crippen molar-refractivity contribution in [1.29, 1.82) is 0 Å². The molecule has 1 N–H and O–H groups in total. The molecule has 0 radical (unpaired) electrons. The highest BCUT2D eigenvalue weighted by Gasteiger charge is 2.31. The molecule has 1 aromatic carbocycles. The van der Waals surface area contributed by atoms with Gasteiger partial charge >= 0.3 is 0 Å². The van der Waals surface area contributed by atoms with Gasteiger partial charge in [0, 0.05) is 18.9 Å². The molecule has 1 atom stereocenters. The lowest BCUT2D eigenvalue weighted by Gasteiger charge is -2.23. The summed E-state index contributed by atoms with van der Waals surface area (Å²) in [6.45, 7) is 4.96. The number of aryl methyl sites for hydroxylation is 2. The van der Waals surface area contributed by atoms with Crippen LogP contribution in [-0.4, -0.2) is 27.3 Å². The molecule has 1 amide bonds. The quantitative estimate of drug-likeness (QED) is 0.941. The van der Waals surface area contributed by atoms with Crippen molar-refractivity contribution in [3.63, 3.8) is 0 Å². The first-order chi connectivity index (χ1) is 10.1. The number of likely N-dealkylation sites (tertiary alicyclic amines) is 1. The summed E-state index contributed by atoms with van der Waals surface area (Å²) < 4.78 is 0. The minimum Gasteiger partial charge on any atom is -0.347 e. The molecule has 3 rings (SSSR count). The summed E-state index contributed by atoms with van der Waals surface area (Å²) in [6, 6.07) is 6.40. The molecule has 1 aliphatic heterocycles. The van der Waals surface area contributed by atoms with E-state index in [1.165, 1.54) is 11.1 Å². The van der Waals surface area contributed by atoms with Crippen molar-refractivity contribution in [3.05, 3.63) is 53.1 Å². The van der Waals surface area contributed by atoms with Crippen molar-refractivity contribution < 1.29 is 4.79 Å². The van der Waals surface area contributed by atoms with E-state index >= 15 is 0 Å². The molecule has 0 spiro atoms. The van der Waals surface area contributed by atoms with Crippen LogP contribution in [0, 0.1) is 13.8 Å². The number of nitrogens with one attached hydrogen (secondary N) is 1. The van der Waals surface area contributed by atoms with Gasteiger partial charge in [-0.3, -0.25) is 4.79 Å². The lowest BCUT2D eigenvalue weighted by atomic mass is 10.0. The van der Waals surface area contributed by atoms with Gasteiger partial charge in [0.15, 0.2) is 0 Å². The smallest absolute Gasteiger partial charge is 0.227 e. The Morgan fingerprint density at radius 3 is 3.05 bits per heavy atom. The Bertz CT molecular complexity index is 633. The molecule has 0 saturated carbocycles. The molecule has 110 valence electrons. The van der Waals surface area contributed by atoms with Gasteiger partial charge < -0.3 is 9.88 Å². The van der Waals surface area contributed by atoms with Crippen molar-refractivity contribution in [2.45, 2.75) is 39.2 Å². The monoisotopic (exact) mass is 283 g/mol.